The Morgan fingerprint density at radius 3 is 2.35 bits per heavy atom. The lowest BCUT2D eigenvalue weighted by molar-refractivity contribution is 0.0899. The van der Waals surface area contributed by atoms with Gasteiger partial charge in [0.1, 0.15) is 0 Å². The Morgan fingerprint density at radius 1 is 1.41 bits per heavy atom. The van der Waals surface area contributed by atoms with Crippen molar-refractivity contribution in [3.05, 3.63) is 21.9 Å². The van der Waals surface area contributed by atoms with E-state index in [0.29, 0.717) is 6.54 Å². The standard InChI is InChI=1S/C12H20N2OS.ClH/c1-4-12(5-2,8-13)14-11(15)10-7-6-9(3)16-10;/h6-7H,4-5,8,13H2,1-3H3,(H,14,15);1H. The van der Waals surface area contributed by atoms with Gasteiger partial charge in [0.05, 0.1) is 10.4 Å². The molecule has 1 rings (SSSR count). The van der Waals surface area contributed by atoms with Crippen LogP contribution in [0.5, 0.6) is 0 Å². The van der Waals surface area contributed by atoms with Crippen molar-refractivity contribution in [2.45, 2.75) is 39.2 Å². The van der Waals surface area contributed by atoms with Gasteiger partial charge in [0, 0.05) is 11.4 Å². The smallest absolute Gasteiger partial charge is 0.261 e. The molecule has 0 aliphatic heterocycles. The third-order valence-corrected chi connectivity index (χ3v) is 4.09. The van der Waals surface area contributed by atoms with Crippen LogP contribution in [-0.4, -0.2) is 18.0 Å². The Hall–Kier alpha value is -0.580. The van der Waals surface area contributed by atoms with Gasteiger partial charge in [0.2, 0.25) is 0 Å². The molecule has 17 heavy (non-hydrogen) atoms. The summed E-state index contributed by atoms with van der Waals surface area (Å²) in [6.45, 7) is 6.58. The van der Waals surface area contributed by atoms with Crippen molar-refractivity contribution in [3.8, 4) is 0 Å². The zero-order valence-electron chi connectivity index (χ0n) is 10.6. The Kier molecular flexibility index (Phi) is 6.75. The summed E-state index contributed by atoms with van der Waals surface area (Å²) >= 11 is 1.52. The minimum Gasteiger partial charge on any atom is -0.345 e. The number of hydrogen-bond acceptors (Lipinski definition) is 3. The SMILES string of the molecule is CCC(CC)(CN)NC(=O)c1ccc(C)s1.Cl. The number of halogens is 1. The number of amides is 1. The third-order valence-electron chi connectivity index (χ3n) is 3.09. The van der Waals surface area contributed by atoms with Crippen LogP contribution < -0.4 is 11.1 Å². The highest BCUT2D eigenvalue weighted by Gasteiger charge is 2.27. The number of rotatable bonds is 5. The van der Waals surface area contributed by atoms with Crippen LogP contribution >= 0.6 is 23.7 Å². The summed E-state index contributed by atoms with van der Waals surface area (Å²) in [6.07, 6.45) is 1.71. The van der Waals surface area contributed by atoms with E-state index in [1.165, 1.54) is 11.3 Å². The molecule has 3 nitrogen and oxygen atoms in total. The first-order valence-corrected chi connectivity index (χ1v) is 6.47. The average Bonchev–Trinajstić information content (AvgIpc) is 2.73. The normalized spacial score (nSPS) is 10.8. The lowest BCUT2D eigenvalue weighted by Gasteiger charge is -2.31. The Morgan fingerprint density at radius 2 is 2.00 bits per heavy atom. The molecule has 1 aromatic heterocycles. The van der Waals surface area contributed by atoms with Gasteiger partial charge in [-0.2, -0.15) is 0 Å². The van der Waals surface area contributed by atoms with E-state index in [4.69, 9.17) is 5.73 Å². The Balaban J connectivity index is 0.00000256. The minimum atomic E-state index is -0.255. The molecule has 0 spiro atoms. The molecule has 0 saturated heterocycles. The molecule has 0 aliphatic carbocycles. The quantitative estimate of drug-likeness (QED) is 0.869. The van der Waals surface area contributed by atoms with Crippen molar-refractivity contribution >= 4 is 29.7 Å². The van der Waals surface area contributed by atoms with Crippen molar-refractivity contribution < 1.29 is 4.79 Å². The maximum absolute atomic E-state index is 12.0. The number of carbonyl (C=O) groups excluding carboxylic acids is 1. The summed E-state index contributed by atoms with van der Waals surface area (Å²) in [4.78, 5) is 13.9. The van der Waals surface area contributed by atoms with Crippen molar-refractivity contribution in [2.75, 3.05) is 6.54 Å². The van der Waals surface area contributed by atoms with E-state index in [1.807, 2.05) is 19.1 Å². The van der Waals surface area contributed by atoms with Gasteiger partial charge in [-0.05, 0) is 31.9 Å². The monoisotopic (exact) mass is 276 g/mol. The zero-order chi connectivity index (χ0) is 12.2. The zero-order valence-corrected chi connectivity index (χ0v) is 12.2. The maximum Gasteiger partial charge on any atom is 0.261 e. The fraction of sp³-hybridized carbons (Fsp3) is 0.583. The van der Waals surface area contributed by atoms with Gasteiger partial charge >= 0.3 is 0 Å². The van der Waals surface area contributed by atoms with Gasteiger partial charge < -0.3 is 11.1 Å². The largest absolute Gasteiger partial charge is 0.345 e. The summed E-state index contributed by atoms with van der Waals surface area (Å²) in [5, 5.41) is 3.06. The molecule has 1 heterocycles. The van der Waals surface area contributed by atoms with E-state index >= 15 is 0 Å². The molecule has 0 unspecified atom stereocenters. The van der Waals surface area contributed by atoms with E-state index < -0.39 is 0 Å². The third kappa shape index (κ3) is 3.98. The summed E-state index contributed by atoms with van der Waals surface area (Å²) in [5.41, 5.74) is 5.49. The van der Waals surface area contributed by atoms with Crippen molar-refractivity contribution in [1.82, 2.24) is 5.32 Å². The summed E-state index contributed by atoms with van der Waals surface area (Å²) < 4.78 is 0. The molecular weight excluding hydrogens is 256 g/mol. The Bertz CT molecular complexity index is 353. The second-order valence-corrected chi connectivity index (χ2v) is 5.34. The van der Waals surface area contributed by atoms with E-state index in [0.717, 1.165) is 22.6 Å². The highest BCUT2D eigenvalue weighted by Crippen LogP contribution is 2.18. The van der Waals surface area contributed by atoms with Crippen LogP contribution in [0.15, 0.2) is 12.1 Å². The summed E-state index contributed by atoms with van der Waals surface area (Å²) in [7, 11) is 0. The second kappa shape index (κ2) is 6.99. The summed E-state index contributed by atoms with van der Waals surface area (Å²) in [6, 6.07) is 3.82. The van der Waals surface area contributed by atoms with Gasteiger partial charge in [0.15, 0.2) is 0 Å². The molecule has 0 fully saturated rings. The molecule has 0 aromatic carbocycles. The molecule has 0 radical (unpaired) electrons. The van der Waals surface area contributed by atoms with Crippen LogP contribution in [0.25, 0.3) is 0 Å². The lowest BCUT2D eigenvalue weighted by Crippen LogP contribution is -2.52. The molecule has 3 N–H and O–H groups in total. The van der Waals surface area contributed by atoms with Crippen LogP contribution in [0, 0.1) is 6.92 Å². The fourth-order valence-corrected chi connectivity index (χ4v) is 2.39. The first kappa shape index (κ1) is 16.4. The number of hydrogen-bond donors (Lipinski definition) is 2. The van der Waals surface area contributed by atoms with Crippen LogP contribution in [0.1, 0.15) is 41.2 Å². The molecule has 0 bridgehead atoms. The molecule has 5 heteroatoms. The van der Waals surface area contributed by atoms with Crippen LogP contribution in [0.3, 0.4) is 0 Å². The number of nitrogens with two attached hydrogens (primary N) is 1. The number of carbonyl (C=O) groups is 1. The highest BCUT2D eigenvalue weighted by molar-refractivity contribution is 7.13. The lowest BCUT2D eigenvalue weighted by atomic mass is 9.93. The number of nitrogens with one attached hydrogen (secondary N) is 1. The van der Waals surface area contributed by atoms with Gasteiger partial charge in [-0.25, -0.2) is 0 Å². The van der Waals surface area contributed by atoms with Crippen molar-refractivity contribution in [2.24, 2.45) is 5.73 Å². The topological polar surface area (TPSA) is 55.1 Å². The molecule has 1 amide bonds. The molecule has 1 aromatic rings. The molecular formula is C12H21ClN2OS. The fourth-order valence-electron chi connectivity index (χ4n) is 1.63. The van der Waals surface area contributed by atoms with Crippen LogP contribution in [0.4, 0.5) is 0 Å². The molecule has 0 saturated carbocycles. The maximum atomic E-state index is 12.0. The van der Waals surface area contributed by atoms with E-state index in [1.54, 1.807) is 0 Å². The summed E-state index contributed by atoms with van der Waals surface area (Å²) in [5.74, 6) is -0.00718. The average molecular weight is 277 g/mol. The molecule has 0 aliphatic rings. The van der Waals surface area contributed by atoms with Gasteiger partial charge in [-0.1, -0.05) is 13.8 Å². The molecule has 98 valence electrons. The van der Waals surface area contributed by atoms with Crippen molar-refractivity contribution in [3.63, 3.8) is 0 Å². The number of aryl methyl sites for hydroxylation is 1. The van der Waals surface area contributed by atoms with Crippen LogP contribution in [0.2, 0.25) is 0 Å². The second-order valence-electron chi connectivity index (χ2n) is 4.06. The predicted molar refractivity (Wildman–Crippen MR) is 76.1 cm³/mol. The Labute approximate surface area is 113 Å². The highest BCUT2D eigenvalue weighted by atomic mass is 35.5. The van der Waals surface area contributed by atoms with Gasteiger partial charge in [-0.3, -0.25) is 4.79 Å². The van der Waals surface area contributed by atoms with Gasteiger partial charge in [0.25, 0.3) is 5.91 Å². The predicted octanol–water partition coefficient (Wildman–Crippen LogP) is 2.73. The molecule has 0 atom stereocenters. The number of thiophene rings is 1. The van der Waals surface area contributed by atoms with Gasteiger partial charge in [-0.15, -0.1) is 23.7 Å². The van der Waals surface area contributed by atoms with E-state index in [-0.39, 0.29) is 23.9 Å². The van der Waals surface area contributed by atoms with E-state index in [2.05, 4.69) is 19.2 Å². The minimum absolute atomic E-state index is 0. The van der Waals surface area contributed by atoms with Crippen molar-refractivity contribution in [1.29, 1.82) is 0 Å². The van der Waals surface area contributed by atoms with Crippen LogP contribution in [-0.2, 0) is 0 Å². The van der Waals surface area contributed by atoms with E-state index in [9.17, 15) is 4.79 Å². The first-order chi connectivity index (χ1) is 7.56. The first-order valence-electron chi connectivity index (χ1n) is 5.66.